The van der Waals surface area contributed by atoms with Gasteiger partial charge in [-0.25, -0.2) is 0 Å². The molecule has 1 aromatic carbocycles. The van der Waals surface area contributed by atoms with Gasteiger partial charge in [-0.15, -0.1) is 0 Å². The molecule has 0 unspecified atom stereocenters. The smallest absolute Gasteiger partial charge is 0.0568 e. The van der Waals surface area contributed by atoms with Crippen LogP contribution in [-0.2, 0) is 6.54 Å². The summed E-state index contributed by atoms with van der Waals surface area (Å²) in [5, 5.41) is 4.41. The van der Waals surface area contributed by atoms with Gasteiger partial charge >= 0.3 is 0 Å². The molecule has 1 aromatic heterocycles. The molecular formula is C14H17IN2. The van der Waals surface area contributed by atoms with Crippen molar-refractivity contribution in [2.45, 2.75) is 32.7 Å². The number of hydrogen-bond donors (Lipinski definition) is 0. The fourth-order valence-electron chi connectivity index (χ4n) is 1.83. The quantitative estimate of drug-likeness (QED) is 0.585. The lowest BCUT2D eigenvalue weighted by Crippen LogP contribution is -1.97. The number of hydrogen-bond acceptors (Lipinski definition) is 1. The van der Waals surface area contributed by atoms with E-state index in [9.17, 15) is 0 Å². The Morgan fingerprint density at radius 3 is 2.88 bits per heavy atom. The average molecular weight is 340 g/mol. The zero-order valence-electron chi connectivity index (χ0n) is 10.1. The van der Waals surface area contributed by atoms with Crippen molar-refractivity contribution in [2.24, 2.45) is 0 Å². The fourth-order valence-corrected chi connectivity index (χ4v) is 2.37. The molecule has 1 heterocycles. The molecule has 0 saturated carbocycles. The molecule has 0 amide bonds. The van der Waals surface area contributed by atoms with Gasteiger partial charge in [0.05, 0.1) is 6.20 Å². The van der Waals surface area contributed by atoms with E-state index in [1.165, 1.54) is 34.0 Å². The predicted octanol–water partition coefficient (Wildman–Crippen LogP) is 4.34. The van der Waals surface area contributed by atoms with Crippen LogP contribution in [0, 0.1) is 3.57 Å². The molecule has 0 fully saturated rings. The Morgan fingerprint density at radius 1 is 1.24 bits per heavy atom. The van der Waals surface area contributed by atoms with E-state index in [1.54, 1.807) is 0 Å². The van der Waals surface area contributed by atoms with Crippen molar-refractivity contribution in [3.63, 3.8) is 0 Å². The molecule has 0 saturated heterocycles. The summed E-state index contributed by atoms with van der Waals surface area (Å²) in [5.74, 6) is 0. The minimum absolute atomic E-state index is 1.03. The topological polar surface area (TPSA) is 17.8 Å². The van der Waals surface area contributed by atoms with Crippen LogP contribution >= 0.6 is 22.6 Å². The monoisotopic (exact) mass is 340 g/mol. The van der Waals surface area contributed by atoms with Gasteiger partial charge in [-0.05, 0) is 46.7 Å². The van der Waals surface area contributed by atoms with E-state index in [0.717, 1.165) is 6.54 Å². The summed E-state index contributed by atoms with van der Waals surface area (Å²) in [7, 11) is 0. The summed E-state index contributed by atoms with van der Waals surface area (Å²) in [4.78, 5) is 0. The van der Waals surface area contributed by atoms with Gasteiger partial charge < -0.3 is 0 Å². The van der Waals surface area contributed by atoms with Crippen LogP contribution in [0.2, 0.25) is 0 Å². The fraction of sp³-hybridized carbons (Fsp3) is 0.357. The first-order valence-electron chi connectivity index (χ1n) is 6.08. The van der Waals surface area contributed by atoms with Crippen LogP contribution in [0.15, 0.2) is 36.7 Å². The van der Waals surface area contributed by atoms with Crippen LogP contribution in [0.3, 0.4) is 0 Å². The highest BCUT2D eigenvalue weighted by atomic mass is 127. The number of rotatable bonds is 5. The Morgan fingerprint density at radius 2 is 2.12 bits per heavy atom. The van der Waals surface area contributed by atoms with Crippen molar-refractivity contribution in [2.75, 3.05) is 0 Å². The van der Waals surface area contributed by atoms with Crippen LogP contribution in [0.4, 0.5) is 0 Å². The van der Waals surface area contributed by atoms with Gasteiger partial charge in [0, 0.05) is 21.9 Å². The van der Waals surface area contributed by atoms with Crippen molar-refractivity contribution in [1.29, 1.82) is 0 Å². The molecule has 0 aliphatic carbocycles. The Balaban J connectivity index is 2.07. The molecule has 17 heavy (non-hydrogen) atoms. The lowest BCUT2D eigenvalue weighted by Gasteiger charge is -2.00. The molecule has 0 radical (unpaired) electrons. The van der Waals surface area contributed by atoms with Crippen LogP contribution < -0.4 is 0 Å². The van der Waals surface area contributed by atoms with Crippen LogP contribution in [0.5, 0.6) is 0 Å². The van der Waals surface area contributed by atoms with Gasteiger partial charge in [-0.1, -0.05) is 31.9 Å². The van der Waals surface area contributed by atoms with Crippen molar-refractivity contribution in [3.8, 4) is 11.1 Å². The van der Waals surface area contributed by atoms with Gasteiger partial charge in [-0.2, -0.15) is 5.10 Å². The number of halogens is 1. The summed E-state index contributed by atoms with van der Waals surface area (Å²) < 4.78 is 3.31. The minimum Gasteiger partial charge on any atom is -0.272 e. The Hall–Kier alpha value is -0.840. The van der Waals surface area contributed by atoms with Crippen molar-refractivity contribution in [1.82, 2.24) is 9.78 Å². The minimum atomic E-state index is 1.03. The lowest BCUT2D eigenvalue weighted by molar-refractivity contribution is 0.553. The number of aryl methyl sites for hydroxylation is 1. The summed E-state index contributed by atoms with van der Waals surface area (Å²) in [6.45, 7) is 3.25. The van der Waals surface area contributed by atoms with E-state index >= 15 is 0 Å². The summed E-state index contributed by atoms with van der Waals surface area (Å²) in [5.41, 5.74) is 2.46. The molecule has 0 spiro atoms. The third-order valence-corrected chi connectivity index (χ3v) is 3.45. The average Bonchev–Trinajstić information content (AvgIpc) is 2.78. The van der Waals surface area contributed by atoms with Gasteiger partial charge in [0.25, 0.3) is 0 Å². The van der Waals surface area contributed by atoms with E-state index in [4.69, 9.17) is 0 Å². The SMILES string of the molecule is CCCCCn1cc(-c2cccc(I)c2)cn1. The number of aromatic nitrogens is 2. The van der Waals surface area contributed by atoms with Crippen molar-refractivity contribution < 1.29 is 0 Å². The molecule has 0 aliphatic heterocycles. The van der Waals surface area contributed by atoms with E-state index in [2.05, 4.69) is 65.1 Å². The molecule has 2 nitrogen and oxygen atoms in total. The predicted molar refractivity (Wildman–Crippen MR) is 79.9 cm³/mol. The third kappa shape index (κ3) is 3.56. The second-order valence-electron chi connectivity index (χ2n) is 4.21. The van der Waals surface area contributed by atoms with E-state index in [1.807, 2.05) is 10.9 Å². The summed E-state index contributed by atoms with van der Waals surface area (Å²) in [6.07, 6.45) is 7.84. The Labute approximate surface area is 116 Å². The van der Waals surface area contributed by atoms with E-state index < -0.39 is 0 Å². The van der Waals surface area contributed by atoms with Crippen LogP contribution in [-0.4, -0.2) is 9.78 Å². The highest BCUT2D eigenvalue weighted by Gasteiger charge is 2.01. The summed E-state index contributed by atoms with van der Waals surface area (Å²) in [6, 6.07) is 8.52. The normalized spacial score (nSPS) is 10.7. The molecule has 2 rings (SSSR count). The maximum absolute atomic E-state index is 4.41. The van der Waals surface area contributed by atoms with Gasteiger partial charge in [0.1, 0.15) is 0 Å². The summed E-state index contributed by atoms with van der Waals surface area (Å²) >= 11 is 2.34. The number of nitrogens with zero attached hydrogens (tertiary/aromatic N) is 2. The molecule has 0 N–H and O–H groups in total. The van der Waals surface area contributed by atoms with Gasteiger partial charge in [-0.3, -0.25) is 4.68 Å². The Bertz CT molecular complexity index is 477. The Kier molecular flexibility index (Phi) is 4.59. The van der Waals surface area contributed by atoms with E-state index in [0.29, 0.717) is 0 Å². The second kappa shape index (κ2) is 6.19. The standard InChI is InChI=1S/C14H17IN2/c1-2-3-4-8-17-11-13(10-16-17)12-6-5-7-14(15)9-12/h5-7,9-11H,2-4,8H2,1H3. The zero-order chi connectivity index (χ0) is 12.1. The molecule has 3 heteroatoms. The zero-order valence-corrected chi connectivity index (χ0v) is 12.2. The maximum Gasteiger partial charge on any atom is 0.0568 e. The highest BCUT2D eigenvalue weighted by Crippen LogP contribution is 2.20. The van der Waals surface area contributed by atoms with Gasteiger partial charge in [0.2, 0.25) is 0 Å². The number of benzene rings is 1. The molecule has 90 valence electrons. The highest BCUT2D eigenvalue weighted by molar-refractivity contribution is 14.1. The molecule has 2 aromatic rings. The first kappa shape index (κ1) is 12.6. The van der Waals surface area contributed by atoms with Gasteiger partial charge in [0.15, 0.2) is 0 Å². The lowest BCUT2D eigenvalue weighted by atomic mass is 10.1. The largest absolute Gasteiger partial charge is 0.272 e. The molecule has 0 atom stereocenters. The van der Waals surface area contributed by atoms with Crippen LogP contribution in [0.1, 0.15) is 26.2 Å². The van der Waals surface area contributed by atoms with Crippen molar-refractivity contribution >= 4 is 22.6 Å². The third-order valence-electron chi connectivity index (χ3n) is 2.78. The maximum atomic E-state index is 4.41. The molecule has 0 aliphatic rings. The number of unbranched alkanes of at least 4 members (excludes halogenated alkanes) is 2. The van der Waals surface area contributed by atoms with Crippen LogP contribution in [0.25, 0.3) is 11.1 Å². The second-order valence-corrected chi connectivity index (χ2v) is 5.46. The molecular weight excluding hydrogens is 323 g/mol. The first-order chi connectivity index (χ1) is 8.29. The first-order valence-corrected chi connectivity index (χ1v) is 7.16. The van der Waals surface area contributed by atoms with E-state index in [-0.39, 0.29) is 0 Å². The molecule has 0 bridgehead atoms. The van der Waals surface area contributed by atoms with Crippen molar-refractivity contribution in [3.05, 3.63) is 40.2 Å².